The molecule has 1 aliphatic heterocycles. The number of aromatic carboxylic acids is 1. The van der Waals surface area contributed by atoms with Crippen molar-refractivity contribution < 1.29 is 22.7 Å². The van der Waals surface area contributed by atoms with Gasteiger partial charge in [0, 0.05) is 6.04 Å². The topological polar surface area (TPSA) is 99.9 Å². The fraction of sp³-hybridized carbons (Fsp3) is 0.583. The summed E-state index contributed by atoms with van der Waals surface area (Å²) in [6.45, 7) is 4.73. The molecule has 1 aromatic rings. The van der Waals surface area contributed by atoms with Crippen LogP contribution in [-0.4, -0.2) is 50.1 Å². The summed E-state index contributed by atoms with van der Waals surface area (Å²) in [5.74, 6) is -1.67. The molecule has 1 aliphatic rings. The lowest BCUT2D eigenvalue weighted by atomic mass is 10.1. The third kappa shape index (κ3) is 3.38. The molecule has 1 aromatic heterocycles. The molecule has 0 unspecified atom stereocenters. The molecule has 7 nitrogen and oxygen atoms in total. The van der Waals surface area contributed by atoms with E-state index in [-0.39, 0.29) is 16.9 Å². The van der Waals surface area contributed by atoms with Crippen molar-refractivity contribution in [1.82, 2.24) is 9.62 Å². The Labute approximate surface area is 117 Å². The molecule has 1 saturated heterocycles. The van der Waals surface area contributed by atoms with Gasteiger partial charge in [0.2, 0.25) is 10.9 Å². The van der Waals surface area contributed by atoms with Gasteiger partial charge in [0.25, 0.3) is 10.0 Å². The third-order valence-electron chi connectivity index (χ3n) is 3.41. The summed E-state index contributed by atoms with van der Waals surface area (Å²) in [5, 5.41) is 8.37. The molecule has 20 heavy (non-hydrogen) atoms. The average molecular weight is 302 g/mol. The van der Waals surface area contributed by atoms with Crippen molar-refractivity contribution in [3.63, 3.8) is 0 Å². The molecule has 0 aromatic carbocycles. The van der Waals surface area contributed by atoms with Crippen LogP contribution in [-0.2, 0) is 10.0 Å². The molecule has 112 valence electrons. The molecule has 0 spiro atoms. The van der Waals surface area contributed by atoms with E-state index >= 15 is 0 Å². The average Bonchev–Trinajstić information content (AvgIpc) is 2.90. The minimum Gasteiger partial charge on any atom is -0.475 e. The Balaban J connectivity index is 2.02. The van der Waals surface area contributed by atoms with Crippen molar-refractivity contribution in [2.75, 3.05) is 19.6 Å². The van der Waals surface area contributed by atoms with Crippen LogP contribution in [0.1, 0.15) is 30.3 Å². The maximum atomic E-state index is 12.1. The van der Waals surface area contributed by atoms with Crippen LogP contribution < -0.4 is 4.72 Å². The predicted molar refractivity (Wildman–Crippen MR) is 71.1 cm³/mol. The van der Waals surface area contributed by atoms with Gasteiger partial charge in [-0.05, 0) is 44.6 Å². The van der Waals surface area contributed by atoms with E-state index in [9.17, 15) is 13.2 Å². The van der Waals surface area contributed by atoms with Crippen molar-refractivity contribution in [3.05, 3.63) is 17.9 Å². The Morgan fingerprint density at radius 3 is 2.60 bits per heavy atom. The minimum absolute atomic E-state index is 0.138. The SMILES string of the molecule is CCN1CCC(NS(=O)(=O)c2ccc(C(=O)O)o2)CC1. The van der Waals surface area contributed by atoms with Crippen LogP contribution in [0.5, 0.6) is 0 Å². The van der Waals surface area contributed by atoms with Crippen molar-refractivity contribution in [3.8, 4) is 0 Å². The Morgan fingerprint density at radius 2 is 2.10 bits per heavy atom. The zero-order valence-corrected chi connectivity index (χ0v) is 12.0. The molecule has 0 aliphatic carbocycles. The summed E-state index contributed by atoms with van der Waals surface area (Å²) in [6.07, 6.45) is 1.47. The van der Waals surface area contributed by atoms with E-state index < -0.39 is 16.0 Å². The van der Waals surface area contributed by atoms with Crippen LogP contribution in [0.25, 0.3) is 0 Å². The van der Waals surface area contributed by atoms with Crippen LogP contribution in [0.3, 0.4) is 0 Å². The second-order valence-corrected chi connectivity index (χ2v) is 6.40. The van der Waals surface area contributed by atoms with E-state index in [1.54, 1.807) is 0 Å². The number of carboxylic acids is 1. The highest BCUT2D eigenvalue weighted by atomic mass is 32.2. The van der Waals surface area contributed by atoms with E-state index in [1.807, 2.05) is 0 Å². The predicted octanol–water partition coefficient (Wildman–Crippen LogP) is 0.740. The first-order valence-electron chi connectivity index (χ1n) is 6.50. The molecule has 1 fully saturated rings. The van der Waals surface area contributed by atoms with Crippen LogP contribution in [0.2, 0.25) is 0 Å². The molecule has 8 heteroatoms. The molecular formula is C12H18N2O5S. The Hall–Kier alpha value is -1.38. The Morgan fingerprint density at radius 1 is 1.45 bits per heavy atom. The van der Waals surface area contributed by atoms with Gasteiger partial charge < -0.3 is 14.4 Å². The van der Waals surface area contributed by atoms with Gasteiger partial charge in [-0.3, -0.25) is 0 Å². The summed E-state index contributed by atoms with van der Waals surface area (Å²) in [5.41, 5.74) is 0. The maximum Gasteiger partial charge on any atom is 0.371 e. The molecule has 2 N–H and O–H groups in total. The first-order chi connectivity index (χ1) is 9.42. The Bertz CT molecular complexity index is 572. The maximum absolute atomic E-state index is 12.1. The number of carboxylic acid groups (broad SMARTS) is 1. The van der Waals surface area contributed by atoms with E-state index in [0.717, 1.165) is 44.6 Å². The highest BCUT2D eigenvalue weighted by Crippen LogP contribution is 2.17. The lowest BCUT2D eigenvalue weighted by molar-refractivity contribution is 0.0656. The second kappa shape index (κ2) is 5.94. The summed E-state index contributed by atoms with van der Waals surface area (Å²) < 4.78 is 31.6. The van der Waals surface area contributed by atoms with Gasteiger partial charge in [0.15, 0.2) is 0 Å². The normalized spacial score (nSPS) is 18.2. The molecule has 0 atom stereocenters. The number of piperidine rings is 1. The van der Waals surface area contributed by atoms with Gasteiger partial charge in [-0.15, -0.1) is 0 Å². The quantitative estimate of drug-likeness (QED) is 0.832. The van der Waals surface area contributed by atoms with Gasteiger partial charge in [-0.2, -0.15) is 0 Å². The summed E-state index contributed by atoms with van der Waals surface area (Å²) in [6, 6.07) is 2.16. The number of nitrogens with zero attached hydrogens (tertiary/aromatic N) is 1. The third-order valence-corrected chi connectivity index (χ3v) is 4.81. The number of likely N-dealkylation sites (tertiary alicyclic amines) is 1. The monoisotopic (exact) mass is 302 g/mol. The van der Waals surface area contributed by atoms with Crippen LogP contribution in [0.15, 0.2) is 21.6 Å². The largest absolute Gasteiger partial charge is 0.475 e. The van der Waals surface area contributed by atoms with E-state index in [2.05, 4.69) is 16.5 Å². The number of hydrogen-bond donors (Lipinski definition) is 2. The van der Waals surface area contributed by atoms with Crippen molar-refractivity contribution in [2.24, 2.45) is 0 Å². The van der Waals surface area contributed by atoms with Crippen LogP contribution >= 0.6 is 0 Å². The number of furan rings is 1. The summed E-state index contributed by atoms with van der Waals surface area (Å²) in [4.78, 5) is 12.9. The minimum atomic E-state index is -3.80. The van der Waals surface area contributed by atoms with Crippen molar-refractivity contribution in [1.29, 1.82) is 0 Å². The van der Waals surface area contributed by atoms with Gasteiger partial charge in [-0.25, -0.2) is 17.9 Å². The lowest BCUT2D eigenvalue weighted by Crippen LogP contribution is -2.44. The van der Waals surface area contributed by atoms with Crippen molar-refractivity contribution in [2.45, 2.75) is 30.9 Å². The van der Waals surface area contributed by atoms with Crippen LogP contribution in [0, 0.1) is 0 Å². The first kappa shape index (κ1) is 15.0. The Kier molecular flexibility index (Phi) is 4.46. The van der Waals surface area contributed by atoms with E-state index in [1.165, 1.54) is 0 Å². The van der Waals surface area contributed by atoms with Crippen molar-refractivity contribution >= 4 is 16.0 Å². The fourth-order valence-electron chi connectivity index (χ4n) is 2.22. The molecule has 2 rings (SSSR count). The van der Waals surface area contributed by atoms with Gasteiger partial charge in [-0.1, -0.05) is 6.92 Å². The number of carbonyl (C=O) groups is 1. The lowest BCUT2D eigenvalue weighted by Gasteiger charge is -2.30. The molecular weight excluding hydrogens is 284 g/mol. The highest BCUT2D eigenvalue weighted by Gasteiger charge is 2.26. The highest BCUT2D eigenvalue weighted by molar-refractivity contribution is 7.89. The number of hydrogen-bond acceptors (Lipinski definition) is 5. The molecule has 0 radical (unpaired) electrons. The second-order valence-electron chi connectivity index (χ2n) is 4.75. The molecule has 0 amide bonds. The number of nitrogens with one attached hydrogen (secondary N) is 1. The fourth-order valence-corrected chi connectivity index (χ4v) is 3.46. The zero-order valence-electron chi connectivity index (χ0n) is 11.2. The van der Waals surface area contributed by atoms with E-state index in [4.69, 9.17) is 9.52 Å². The first-order valence-corrected chi connectivity index (χ1v) is 7.98. The smallest absolute Gasteiger partial charge is 0.371 e. The zero-order chi connectivity index (χ0) is 14.8. The molecule has 0 saturated carbocycles. The van der Waals surface area contributed by atoms with Gasteiger partial charge >= 0.3 is 5.97 Å². The summed E-state index contributed by atoms with van der Waals surface area (Å²) >= 11 is 0. The standard InChI is InChI=1S/C12H18N2O5S/c1-2-14-7-5-9(6-8-14)13-20(17,18)11-4-3-10(19-11)12(15)16/h3-4,9,13H,2,5-8H2,1H3,(H,15,16). The number of sulfonamides is 1. The van der Waals surface area contributed by atoms with Gasteiger partial charge in [0.1, 0.15) is 0 Å². The summed E-state index contributed by atoms with van der Waals surface area (Å²) in [7, 11) is -3.80. The molecule has 2 heterocycles. The van der Waals surface area contributed by atoms with Crippen LogP contribution in [0.4, 0.5) is 0 Å². The van der Waals surface area contributed by atoms with Gasteiger partial charge in [0.05, 0.1) is 0 Å². The molecule has 0 bridgehead atoms. The van der Waals surface area contributed by atoms with E-state index in [0.29, 0.717) is 0 Å². The number of rotatable bonds is 5.